The molecule has 0 atom stereocenters. The Kier molecular flexibility index (Phi) is 5.36. The summed E-state index contributed by atoms with van der Waals surface area (Å²) in [4.78, 5) is 0. The number of aromatic nitrogens is 3. The smallest absolute Gasteiger partial charge is 0.170 e. The fourth-order valence-corrected chi connectivity index (χ4v) is 2.20. The van der Waals surface area contributed by atoms with Gasteiger partial charge in [-0.3, -0.25) is 0 Å². The maximum atomic E-state index is 5.82. The first-order chi connectivity index (χ1) is 9.97. The van der Waals surface area contributed by atoms with Crippen molar-refractivity contribution in [2.45, 2.75) is 40.0 Å². The molecule has 0 spiro atoms. The molecule has 6 heteroatoms. The number of hydrogen-bond acceptors (Lipinski definition) is 4. The van der Waals surface area contributed by atoms with Crippen LogP contribution in [0.1, 0.15) is 31.1 Å². The lowest BCUT2D eigenvalue weighted by Gasteiger charge is -2.12. The molecular formula is C15H21BrN4O. The van der Waals surface area contributed by atoms with E-state index in [-0.39, 0.29) is 0 Å². The molecule has 0 aliphatic heterocycles. The van der Waals surface area contributed by atoms with Crippen molar-refractivity contribution in [2.24, 2.45) is 7.05 Å². The summed E-state index contributed by atoms with van der Waals surface area (Å²) in [5.74, 6) is 2.53. The minimum atomic E-state index is 0.413. The highest BCUT2D eigenvalue weighted by Crippen LogP contribution is 2.23. The molecule has 114 valence electrons. The van der Waals surface area contributed by atoms with Crippen LogP contribution in [0.15, 0.2) is 22.7 Å². The van der Waals surface area contributed by atoms with Gasteiger partial charge in [-0.05, 0) is 30.7 Å². The average molecular weight is 353 g/mol. The van der Waals surface area contributed by atoms with Crippen molar-refractivity contribution in [3.05, 3.63) is 39.9 Å². The van der Waals surface area contributed by atoms with Crippen molar-refractivity contribution >= 4 is 15.9 Å². The third kappa shape index (κ3) is 4.28. The molecule has 0 saturated carbocycles. The van der Waals surface area contributed by atoms with Crippen molar-refractivity contribution < 1.29 is 4.74 Å². The van der Waals surface area contributed by atoms with E-state index in [0.717, 1.165) is 28.4 Å². The molecule has 0 amide bonds. The summed E-state index contributed by atoms with van der Waals surface area (Å²) >= 11 is 3.57. The average Bonchev–Trinajstić information content (AvgIpc) is 2.76. The maximum Gasteiger partial charge on any atom is 0.170 e. The summed E-state index contributed by atoms with van der Waals surface area (Å²) in [5.41, 5.74) is 1.18. The number of benzene rings is 1. The molecule has 5 nitrogen and oxygen atoms in total. The van der Waals surface area contributed by atoms with E-state index in [9.17, 15) is 0 Å². The van der Waals surface area contributed by atoms with E-state index in [1.165, 1.54) is 5.56 Å². The minimum Gasteiger partial charge on any atom is -0.486 e. The topological polar surface area (TPSA) is 52.0 Å². The number of aryl methyl sites for hydroxylation is 1. The Morgan fingerprint density at radius 1 is 1.33 bits per heavy atom. The molecule has 0 bridgehead atoms. The zero-order valence-electron chi connectivity index (χ0n) is 12.9. The molecule has 1 aromatic heterocycles. The van der Waals surface area contributed by atoms with Gasteiger partial charge >= 0.3 is 0 Å². The number of nitrogens with zero attached hydrogens (tertiary/aromatic N) is 3. The van der Waals surface area contributed by atoms with Crippen LogP contribution in [0.3, 0.4) is 0 Å². The van der Waals surface area contributed by atoms with Crippen LogP contribution in [0.2, 0.25) is 0 Å². The molecule has 1 aromatic carbocycles. The number of halogens is 1. The molecule has 21 heavy (non-hydrogen) atoms. The third-order valence-electron chi connectivity index (χ3n) is 3.27. The predicted molar refractivity (Wildman–Crippen MR) is 86.2 cm³/mol. The zero-order valence-corrected chi connectivity index (χ0v) is 14.4. The van der Waals surface area contributed by atoms with Crippen LogP contribution in [-0.2, 0) is 20.2 Å². The largest absolute Gasteiger partial charge is 0.486 e. The van der Waals surface area contributed by atoms with E-state index < -0.39 is 0 Å². The normalized spacial score (nSPS) is 11.1. The van der Waals surface area contributed by atoms with Crippen molar-refractivity contribution in [2.75, 3.05) is 0 Å². The van der Waals surface area contributed by atoms with Gasteiger partial charge < -0.3 is 14.6 Å². The van der Waals surface area contributed by atoms with Gasteiger partial charge in [-0.2, -0.15) is 0 Å². The number of nitrogens with one attached hydrogen (secondary N) is 1. The van der Waals surface area contributed by atoms with Crippen LogP contribution < -0.4 is 10.1 Å². The lowest BCUT2D eigenvalue weighted by atomic mass is 10.2. The van der Waals surface area contributed by atoms with Gasteiger partial charge in [-0.1, -0.05) is 29.8 Å². The maximum absolute atomic E-state index is 5.82. The molecule has 1 N–H and O–H groups in total. The summed E-state index contributed by atoms with van der Waals surface area (Å²) < 4.78 is 8.83. The van der Waals surface area contributed by atoms with Crippen LogP contribution in [0.5, 0.6) is 5.75 Å². The second kappa shape index (κ2) is 7.04. The van der Waals surface area contributed by atoms with Gasteiger partial charge in [0.05, 0.1) is 0 Å². The lowest BCUT2D eigenvalue weighted by molar-refractivity contribution is 0.290. The second-order valence-corrected chi connectivity index (χ2v) is 6.15. The predicted octanol–water partition coefficient (Wildman–Crippen LogP) is 2.96. The Bertz CT molecular complexity index is 610. The summed E-state index contributed by atoms with van der Waals surface area (Å²) in [6.07, 6.45) is 0. The van der Waals surface area contributed by atoms with Gasteiger partial charge in [0, 0.05) is 24.1 Å². The van der Waals surface area contributed by atoms with E-state index in [1.807, 2.05) is 36.7 Å². The van der Waals surface area contributed by atoms with Crippen molar-refractivity contribution in [1.82, 2.24) is 20.1 Å². The van der Waals surface area contributed by atoms with Gasteiger partial charge in [-0.25, -0.2) is 0 Å². The Hall–Kier alpha value is -1.40. The first-order valence-electron chi connectivity index (χ1n) is 6.97. The molecule has 0 saturated heterocycles. The summed E-state index contributed by atoms with van der Waals surface area (Å²) in [6.45, 7) is 7.40. The third-order valence-corrected chi connectivity index (χ3v) is 4.04. The molecule has 0 unspecified atom stereocenters. The second-order valence-electron chi connectivity index (χ2n) is 5.30. The van der Waals surface area contributed by atoms with Gasteiger partial charge in [0.25, 0.3) is 0 Å². The fraction of sp³-hybridized carbons (Fsp3) is 0.467. The van der Waals surface area contributed by atoms with Crippen LogP contribution in [0.25, 0.3) is 0 Å². The van der Waals surface area contributed by atoms with Gasteiger partial charge in [0.15, 0.2) is 5.82 Å². The molecule has 0 fully saturated rings. The Labute approximate surface area is 133 Å². The highest BCUT2D eigenvalue weighted by molar-refractivity contribution is 9.10. The number of rotatable bonds is 6. The molecule has 1 heterocycles. The van der Waals surface area contributed by atoms with Crippen molar-refractivity contribution in [3.63, 3.8) is 0 Å². The van der Waals surface area contributed by atoms with E-state index >= 15 is 0 Å². The zero-order chi connectivity index (χ0) is 15.4. The monoisotopic (exact) mass is 352 g/mol. The summed E-state index contributed by atoms with van der Waals surface area (Å²) in [6, 6.07) is 6.45. The van der Waals surface area contributed by atoms with Gasteiger partial charge in [-0.15, -0.1) is 10.2 Å². The van der Waals surface area contributed by atoms with Crippen LogP contribution in [0.4, 0.5) is 0 Å². The summed E-state index contributed by atoms with van der Waals surface area (Å²) in [7, 11) is 1.94. The van der Waals surface area contributed by atoms with E-state index in [2.05, 4.69) is 45.3 Å². The standard InChI is InChI=1S/C15H21BrN4O/c1-10(2)17-8-12-7-13(5-6-14(12)16)21-9-15-19-18-11(3)20(15)4/h5-7,10,17H,8-9H2,1-4H3. The Morgan fingerprint density at radius 2 is 2.10 bits per heavy atom. The van der Waals surface area contributed by atoms with Crippen molar-refractivity contribution in [1.29, 1.82) is 0 Å². The van der Waals surface area contributed by atoms with E-state index in [1.54, 1.807) is 0 Å². The quantitative estimate of drug-likeness (QED) is 0.868. The molecule has 2 rings (SSSR count). The van der Waals surface area contributed by atoms with Crippen LogP contribution in [-0.4, -0.2) is 20.8 Å². The Balaban J connectivity index is 2.03. The number of hydrogen-bond donors (Lipinski definition) is 1. The minimum absolute atomic E-state index is 0.413. The van der Waals surface area contributed by atoms with Crippen molar-refractivity contribution in [3.8, 4) is 5.75 Å². The molecule has 0 aliphatic carbocycles. The lowest BCUT2D eigenvalue weighted by Crippen LogP contribution is -2.22. The number of ether oxygens (including phenoxy) is 1. The SMILES string of the molecule is Cc1nnc(COc2ccc(Br)c(CNC(C)C)c2)n1C. The van der Waals surface area contributed by atoms with Crippen LogP contribution >= 0.6 is 15.9 Å². The van der Waals surface area contributed by atoms with Gasteiger partial charge in [0.1, 0.15) is 18.2 Å². The highest BCUT2D eigenvalue weighted by atomic mass is 79.9. The molecular weight excluding hydrogens is 332 g/mol. The van der Waals surface area contributed by atoms with E-state index in [4.69, 9.17) is 4.74 Å². The molecule has 2 aromatic rings. The summed E-state index contributed by atoms with van der Waals surface area (Å²) in [5, 5.41) is 11.5. The van der Waals surface area contributed by atoms with Crippen LogP contribution in [0, 0.1) is 6.92 Å². The van der Waals surface area contributed by atoms with Gasteiger partial charge in [0.2, 0.25) is 0 Å². The first kappa shape index (κ1) is 16.0. The Morgan fingerprint density at radius 3 is 2.71 bits per heavy atom. The first-order valence-corrected chi connectivity index (χ1v) is 7.76. The molecule has 0 aliphatic rings. The van der Waals surface area contributed by atoms with E-state index in [0.29, 0.717) is 12.6 Å². The highest BCUT2D eigenvalue weighted by Gasteiger charge is 2.07. The molecule has 0 radical (unpaired) electrons. The fourth-order valence-electron chi connectivity index (χ4n) is 1.82.